The van der Waals surface area contributed by atoms with Gasteiger partial charge in [0.2, 0.25) is 0 Å². The lowest BCUT2D eigenvalue weighted by atomic mass is 9.83. The van der Waals surface area contributed by atoms with Gasteiger partial charge in [0.1, 0.15) is 5.75 Å². The first kappa shape index (κ1) is 34.2. The van der Waals surface area contributed by atoms with E-state index >= 15 is 0 Å². The number of hydrogen-bond acceptors (Lipinski definition) is 7. The van der Waals surface area contributed by atoms with Crippen LogP contribution in [0.5, 0.6) is 11.5 Å². The molecule has 3 aliphatic heterocycles. The van der Waals surface area contributed by atoms with E-state index in [1.807, 2.05) is 12.1 Å². The van der Waals surface area contributed by atoms with Crippen molar-refractivity contribution in [3.63, 3.8) is 0 Å². The van der Waals surface area contributed by atoms with Gasteiger partial charge < -0.3 is 35.0 Å². The van der Waals surface area contributed by atoms with E-state index in [9.17, 15) is 9.90 Å². The van der Waals surface area contributed by atoms with E-state index in [2.05, 4.69) is 57.7 Å². The first-order valence-electron chi connectivity index (χ1n) is 17.5. The van der Waals surface area contributed by atoms with E-state index in [0.29, 0.717) is 46.5 Å². The normalized spacial score (nSPS) is 22.7. The molecule has 49 heavy (non-hydrogen) atoms. The lowest BCUT2D eigenvalue weighted by molar-refractivity contribution is -0.128. The fraction of sp³-hybridized carbons (Fsp3) is 0.462. The fourth-order valence-corrected chi connectivity index (χ4v) is 8.23. The summed E-state index contributed by atoms with van der Waals surface area (Å²) in [5, 5.41) is 18.0. The number of hydrogen-bond donors (Lipinski definition) is 3. The molecule has 2 saturated heterocycles. The molecule has 260 valence electrons. The number of aliphatic hydroxyl groups is 1. The van der Waals surface area contributed by atoms with Gasteiger partial charge >= 0.3 is 0 Å². The molecule has 0 radical (unpaired) electrons. The SMILES string of the molecule is COc1cccc(CN(C(=O)C2=C(c3ccc(N4CC[C@@H](COc5c(Cl)cc([C@@H](C)O)cc5Cl)C4)cc3)C[C@H]3CNC[C@@H]2N3)C2CC2)c1C. The van der Waals surface area contributed by atoms with Gasteiger partial charge in [-0.1, -0.05) is 47.5 Å². The van der Waals surface area contributed by atoms with E-state index in [1.54, 1.807) is 26.2 Å². The van der Waals surface area contributed by atoms with Gasteiger partial charge in [0, 0.05) is 62.0 Å². The maximum atomic E-state index is 14.6. The van der Waals surface area contributed by atoms with Crippen LogP contribution in [0.4, 0.5) is 5.69 Å². The second kappa shape index (κ2) is 14.5. The van der Waals surface area contributed by atoms with Crippen LogP contribution in [0.15, 0.2) is 60.2 Å². The van der Waals surface area contributed by atoms with Gasteiger partial charge in [-0.25, -0.2) is 0 Å². The Morgan fingerprint density at radius 1 is 1.08 bits per heavy atom. The maximum Gasteiger partial charge on any atom is 0.252 e. The quantitative estimate of drug-likeness (QED) is 0.209. The van der Waals surface area contributed by atoms with Crippen molar-refractivity contribution in [3.05, 3.63) is 92.5 Å². The number of methoxy groups -OCH3 is 1. The zero-order chi connectivity index (χ0) is 34.2. The van der Waals surface area contributed by atoms with Crippen molar-refractivity contribution in [2.45, 2.75) is 70.3 Å². The zero-order valence-electron chi connectivity index (χ0n) is 28.5. The number of benzene rings is 3. The van der Waals surface area contributed by atoms with E-state index in [0.717, 1.165) is 79.9 Å². The van der Waals surface area contributed by atoms with Crippen molar-refractivity contribution in [2.24, 2.45) is 5.92 Å². The Hall–Kier alpha value is -3.27. The lowest BCUT2D eigenvalue weighted by Gasteiger charge is -2.41. The molecular weight excluding hydrogens is 659 g/mol. The van der Waals surface area contributed by atoms with Gasteiger partial charge in [-0.05, 0) is 97.7 Å². The van der Waals surface area contributed by atoms with Crippen molar-refractivity contribution >= 4 is 40.4 Å². The number of anilines is 1. The summed E-state index contributed by atoms with van der Waals surface area (Å²) in [4.78, 5) is 19.1. The molecule has 3 fully saturated rings. The molecule has 0 aromatic heterocycles. The number of fused-ring (bicyclic) bond motifs is 2. The molecule has 3 aromatic carbocycles. The standard InChI is InChI=1S/C39H46Cl2N4O4/c1-23-27(5-4-6-36(23)48-3)21-45(31-11-12-31)39(47)37-32(17-29-18-42-19-35(37)43-29)26-7-9-30(10-8-26)44-14-13-25(20-44)22-49-38-33(40)15-28(24(2)46)16-34(38)41/h4-10,15-16,24-25,29,31,35,42-43,46H,11-14,17-22H2,1-3H3/t24-,25-,29+,35+/m1/s1. The third-order valence-corrected chi connectivity index (χ3v) is 11.1. The highest BCUT2D eigenvalue weighted by Crippen LogP contribution is 2.39. The smallest absolute Gasteiger partial charge is 0.252 e. The third kappa shape index (κ3) is 7.31. The minimum absolute atomic E-state index is 0.0214. The van der Waals surface area contributed by atoms with Crippen molar-refractivity contribution in [1.82, 2.24) is 15.5 Å². The molecule has 3 aromatic rings. The van der Waals surface area contributed by atoms with Crippen LogP contribution in [0, 0.1) is 12.8 Å². The molecule has 3 N–H and O–H groups in total. The average Bonchev–Trinajstić information content (AvgIpc) is 3.83. The molecule has 8 nitrogen and oxygen atoms in total. The summed E-state index contributed by atoms with van der Waals surface area (Å²) in [5.41, 5.74) is 7.25. The predicted octanol–water partition coefficient (Wildman–Crippen LogP) is 6.55. The number of amides is 1. The Labute approximate surface area is 299 Å². The second-order valence-electron chi connectivity index (χ2n) is 14.0. The third-order valence-electron chi connectivity index (χ3n) is 10.6. The topological polar surface area (TPSA) is 86.3 Å². The van der Waals surface area contributed by atoms with Crippen molar-refractivity contribution in [3.8, 4) is 11.5 Å². The Morgan fingerprint density at radius 3 is 2.53 bits per heavy atom. The summed E-state index contributed by atoms with van der Waals surface area (Å²) in [6.45, 7) is 8.29. The van der Waals surface area contributed by atoms with Crippen molar-refractivity contribution in [2.75, 3.05) is 44.8 Å². The fourth-order valence-electron chi connectivity index (χ4n) is 7.62. The number of piperazine rings is 1. The van der Waals surface area contributed by atoms with E-state index in [1.165, 1.54) is 11.3 Å². The molecule has 10 heteroatoms. The Balaban J connectivity index is 1.08. The molecule has 2 bridgehead atoms. The molecule has 1 saturated carbocycles. The van der Waals surface area contributed by atoms with Crippen LogP contribution >= 0.6 is 23.2 Å². The van der Waals surface area contributed by atoms with Crippen LogP contribution in [0.3, 0.4) is 0 Å². The van der Waals surface area contributed by atoms with Crippen LogP contribution in [-0.2, 0) is 11.3 Å². The summed E-state index contributed by atoms with van der Waals surface area (Å²) < 4.78 is 11.7. The van der Waals surface area contributed by atoms with Gasteiger partial charge in [-0.15, -0.1) is 0 Å². The first-order chi connectivity index (χ1) is 23.7. The van der Waals surface area contributed by atoms with Crippen LogP contribution in [0.25, 0.3) is 5.57 Å². The Morgan fingerprint density at radius 2 is 1.84 bits per heavy atom. The molecular formula is C39H46Cl2N4O4. The minimum Gasteiger partial charge on any atom is -0.496 e. The maximum absolute atomic E-state index is 14.6. The van der Waals surface area contributed by atoms with Crippen LogP contribution in [0.1, 0.15) is 61.0 Å². The molecule has 1 aliphatic carbocycles. The van der Waals surface area contributed by atoms with Gasteiger partial charge in [0.05, 0.1) is 35.9 Å². The second-order valence-corrected chi connectivity index (χ2v) is 14.8. The van der Waals surface area contributed by atoms with E-state index < -0.39 is 6.10 Å². The molecule has 1 amide bonds. The number of rotatable bonds is 11. The number of nitrogens with one attached hydrogen (secondary N) is 2. The highest BCUT2D eigenvalue weighted by molar-refractivity contribution is 6.37. The molecule has 4 atom stereocenters. The van der Waals surface area contributed by atoms with E-state index in [4.69, 9.17) is 32.7 Å². The number of nitrogens with zero attached hydrogens (tertiary/aromatic N) is 2. The van der Waals surface area contributed by atoms with Crippen LogP contribution in [0.2, 0.25) is 10.0 Å². The summed E-state index contributed by atoms with van der Waals surface area (Å²) in [6.07, 6.45) is 3.25. The Kier molecular flexibility index (Phi) is 10.1. The van der Waals surface area contributed by atoms with E-state index in [-0.39, 0.29) is 18.0 Å². The van der Waals surface area contributed by atoms with Crippen molar-refractivity contribution < 1.29 is 19.4 Å². The summed E-state index contributed by atoms with van der Waals surface area (Å²) >= 11 is 12.9. The summed E-state index contributed by atoms with van der Waals surface area (Å²) in [6, 6.07) is 18.9. The highest BCUT2D eigenvalue weighted by atomic mass is 35.5. The monoisotopic (exact) mass is 704 g/mol. The first-order valence-corrected chi connectivity index (χ1v) is 18.2. The van der Waals surface area contributed by atoms with Crippen molar-refractivity contribution in [1.29, 1.82) is 0 Å². The van der Waals surface area contributed by atoms with Gasteiger partial charge in [0.25, 0.3) is 5.91 Å². The largest absolute Gasteiger partial charge is 0.496 e. The predicted molar refractivity (Wildman–Crippen MR) is 196 cm³/mol. The molecule has 0 unspecified atom stereocenters. The number of ether oxygens (including phenoxy) is 2. The minimum atomic E-state index is -0.653. The molecule has 4 aliphatic rings. The van der Waals surface area contributed by atoms with Gasteiger partial charge in [-0.2, -0.15) is 0 Å². The van der Waals surface area contributed by atoms with Gasteiger partial charge in [-0.3, -0.25) is 4.79 Å². The van der Waals surface area contributed by atoms with Crippen LogP contribution < -0.4 is 25.0 Å². The number of halogens is 2. The average molecular weight is 706 g/mol. The summed E-state index contributed by atoms with van der Waals surface area (Å²) in [7, 11) is 1.70. The molecule has 3 heterocycles. The molecule has 0 spiro atoms. The lowest BCUT2D eigenvalue weighted by Crippen LogP contribution is -2.60. The summed E-state index contributed by atoms with van der Waals surface area (Å²) in [5.74, 6) is 1.79. The van der Waals surface area contributed by atoms with Gasteiger partial charge in [0.15, 0.2) is 5.75 Å². The molecule has 7 rings (SSSR count). The van der Waals surface area contributed by atoms with Crippen LogP contribution in [-0.4, -0.2) is 73.9 Å². The highest BCUT2D eigenvalue weighted by Gasteiger charge is 2.41. The zero-order valence-corrected chi connectivity index (χ0v) is 30.0. The number of carbonyl (C=O) groups excluding carboxylic acids is 1. The number of carbonyl (C=O) groups is 1. The Bertz CT molecular complexity index is 1700. The number of aliphatic hydroxyl groups excluding tert-OH is 1.